The largest absolute Gasteiger partial charge is 0.413 e. The molecule has 1 aliphatic heterocycles. The van der Waals surface area contributed by atoms with Crippen LogP contribution in [0.15, 0.2) is 0 Å². The fraction of sp³-hybridized carbons (Fsp3) is 0.962. The first-order valence-corrected chi connectivity index (χ1v) is 17.2. The maximum absolute atomic E-state index is 13.9. The zero-order chi connectivity index (χ0) is 24.6. The Morgan fingerprint density at radius 2 is 1.78 bits per heavy atom. The number of unbranched alkanes of at least 4 members (excludes halogenated alkanes) is 5. The van der Waals surface area contributed by atoms with Crippen molar-refractivity contribution in [3.8, 4) is 0 Å². The van der Waals surface area contributed by atoms with Gasteiger partial charge >= 0.3 is 0 Å². The van der Waals surface area contributed by atoms with Gasteiger partial charge in [0, 0.05) is 0 Å². The normalized spacial score (nSPS) is 21.1. The first-order valence-electron chi connectivity index (χ1n) is 12.9. The molecular formula is C26H53NO3SSi. The Bertz CT molecular complexity index is 562. The predicted molar refractivity (Wildman–Crippen MR) is 143 cm³/mol. The SMILES string of the molecule is CCCCCCCC[C@@H](O[Si](C)(C)C(C)(C)C)[C@@H](C)C(=O)N1[C@@H](CCSC)COC1(C)C. The number of hydrogen-bond acceptors (Lipinski definition) is 4. The van der Waals surface area contributed by atoms with Crippen molar-refractivity contribution >= 4 is 26.0 Å². The number of rotatable bonds is 14. The molecular weight excluding hydrogens is 434 g/mol. The van der Waals surface area contributed by atoms with Crippen LogP contribution in [0.1, 0.15) is 99.8 Å². The molecule has 0 radical (unpaired) electrons. The summed E-state index contributed by atoms with van der Waals surface area (Å²) in [4.78, 5) is 15.9. The molecule has 3 atom stereocenters. The van der Waals surface area contributed by atoms with Crippen LogP contribution in [-0.4, -0.2) is 55.6 Å². The molecule has 0 saturated carbocycles. The monoisotopic (exact) mass is 487 g/mol. The van der Waals surface area contributed by atoms with Crippen LogP contribution in [0.2, 0.25) is 18.1 Å². The summed E-state index contributed by atoms with van der Waals surface area (Å²) in [5.74, 6) is 1.09. The zero-order valence-corrected chi connectivity index (χ0v) is 24.7. The summed E-state index contributed by atoms with van der Waals surface area (Å²) in [6, 6.07) is 0.162. The Balaban J connectivity index is 2.98. The number of hydrogen-bond donors (Lipinski definition) is 0. The lowest BCUT2D eigenvalue weighted by atomic mass is 9.95. The average molecular weight is 488 g/mol. The van der Waals surface area contributed by atoms with Crippen molar-refractivity contribution < 1.29 is 14.0 Å². The summed E-state index contributed by atoms with van der Waals surface area (Å²) in [5, 5.41) is 0.131. The third kappa shape index (κ3) is 8.63. The number of carbonyl (C=O) groups excluding carboxylic acids is 1. The van der Waals surface area contributed by atoms with Crippen LogP contribution >= 0.6 is 11.8 Å². The van der Waals surface area contributed by atoms with Crippen LogP contribution in [0, 0.1) is 5.92 Å². The van der Waals surface area contributed by atoms with Crippen LogP contribution in [0.25, 0.3) is 0 Å². The van der Waals surface area contributed by atoms with Crippen molar-refractivity contribution in [2.75, 3.05) is 18.6 Å². The van der Waals surface area contributed by atoms with E-state index in [9.17, 15) is 4.79 Å². The maximum atomic E-state index is 13.9. The third-order valence-corrected chi connectivity index (χ3v) is 12.7. The van der Waals surface area contributed by atoms with E-state index in [1.807, 2.05) is 30.5 Å². The van der Waals surface area contributed by atoms with Gasteiger partial charge in [-0.1, -0.05) is 73.1 Å². The van der Waals surface area contributed by atoms with Crippen molar-refractivity contribution in [2.24, 2.45) is 5.92 Å². The number of amides is 1. The van der Waals surface area contributed by atoms with E-state index < -0.39 is 14.0 Å². The Morgan fingerprint density at radius 3 is 2.34 bits per heavy atom. The molecule has 1 fully saturated rings. The lowest BCUT2D eigenvalue weighted by Gasteiger charge is -2.42. The highest BCUT2D eigenvalue weighted by Gasteiger charge is 2.47. The van der Waals surface area contributed by atoms with Gasteiger partial charge in [-0.25, -0.2) is 0 Å². The lowest BCUT2D eigenvalue weighted by Crippen LogP contribution is -2.54. The van der Waals surface area contributed by atoms with Crippen molar-refractivity contribution in [3.05, 3.63) is 0 Å². The lowest BCUT2D eigenvalue weighted by molar-refractivity contribution is -0.153. The highest BCUT2D eigenvalue weighted by molar-refractivity contribution is 7.98. The Hall–Kier alpha value is -0.0431. The van der Waals surface area contributed by atoms with Crippen LogP contribution < -0.4 is 0 Å². The van der Waals surface area contributed by atoms with E-state index in [-0.39, 0.29) is 29.0 Å². The van der Waals surface area contributed by atoms with Gasteiger partial charge < -0.3 is 14.1 Å². The van der Waals surface area contributed by atoms with Gasteiger partial charge in [-0.3, -0.25) is 4.79 Å². The van der Waals surface area contributed by atoms with Gasteiger partial charge in [-0.2, -0.15) is 11.8 Å². The second kappa shape index (κ2) is 13.2. The van der Waals surface area contributed by atoms with Crippen molar-refractivity contribution in [2.45, 2.75) is 136 Å². The highest BCUT2D eigenvalue weighted by Crippen LogP contribution is 2.40. The first-order chi connectivity index (χ1) is 14.8. The van der Waals surface area contributed by atoms with Crippen LogP contribution in [0.5, 0.6) is 0 Å². The molecule has 0 aromatic rings. The van der Waals surface area contributed by atoms with E-state index in [1.165, 1.54) is 32.1 Å². The number of carbonyl (C=O) groups is 1. The molecule has 4 nitrogen and oxygen atoms in total. The molecule has 1 amide bonds. The minimum absolute atomic E-state index is 0.0211. The van der Waals surface area contributed by atoms with Gasteiger partial charge in [-0.05, 0) is 56.8 Å². The Morgan fingerprint density at radius 1 is 1.19 bits per heavy atom. The summed E-state index contributed by atoms with van der Waals surface area (Å²) in [5.41, 5.74) is -0.546. The minimum Gasteiger partial charge on any atom is -0.413 e. The number of thioether (sulfide) groups is 1. The third-order valence-electron chi connectivity index (χ3n) is 7.51. The molecule has 0 unspecified atom stereocenters. The van der Waals surface area contributed by atoms with Gasteiger partial charge in [0.05, 0.1) is 24.7 Å². The minimum atomic E-state index is -1.98. The van der Waals surface area contributed by atoms with E-state index in [4.69, 9.17) is 9.16 Å². The first kappa shape index (κ1) is 30.0. The molecule has 32 heavy (non-hydrogen) atoms. The predicted octanol–water partition coefficient (Wildman–Crippen LogP) is 7.48. The van der Waals surface area contributed by atoms with Gasteiger partial charge in [-0.15, -0.1) is 0 Å². The molecule has 0 aromatic heterocycles. The fourth-order valence-corrected chi connectivity index (χ4v) is 6.21. The van der Waals surface area contributed by atoms with E-state index in [0.29, 0.717) is 6.61 Å². The molecule has 0 N–H and O–H groups in total. The molecule has 1 aliphatic rings. The van der Waals surface area contributed by atoms with Crippen LogP contribution in [-0.2, 0) is 14.0 Å². The molecule has 0 bridgehead atoms. The molecule has 0 aromatic carbocycles. The second-order valence-corrected chi connectivity index (χ2v) is 17.4. The molecule has 1 heterocycles. The Labute approximate surface area is 205 Å². The average Bonchev–Trinajstić information content (AvgIpc) is 3.00. The summed E-state index contributed by atoms with van der Waals surface area (Å²) in [7, 11) is -1.98. The van der Waals surface area contributed by atoms with Gasteiger partial charge in [0.1, 0.15) is 5.72 Å². The van der Waals surface area contributed by atoms with E-state index in [0.717, 1.165) is 25.0 Å². The molecule has 1 rings (SSSR count). The van der Waals surface area contributed by atoms with Gasteiger partial charge in [0.2, 0.25) is 5.91 Å². The maximum Gasteiger partial charge on any atom is 0.230 e. The van der Waals surface area contributed by atoms with Crippen molar-refractivity contribution in [3.63, 3.8) is 0 Å². The molecule has 6 heteroatoms. The standard InChI is InChI=1S/C26H53NO3SSi/c1-11-12-13-14-15-16-17-23(30-32(9,10)25(3,4)5)21(2)24(28)27-22(18-19-31-8)20-29-26(27,6)7/h21-23H,11-20H2,1-10H3/t21-,22+,23-/m1/s1. The van der Waals surface area contributed by atoms with E-state index in [2.05, 4.69) is 54.0 Å². The smallest absolute Gasteiger partial charge is 0.230 e. The molecule has 0 spiro atoms. The second-order valence-electron chi connectivity index (χ2n) is 11.7. The zero-order valence-electron chi connectivity index (χ0n) is 22.9. The van der Waals surface area contributed by atoms with Crippen LogP contribution in [0.3, 0.4) is 0 Å². The molecule has 0 aliphatic carbocycles. The summed E-state index contributed by atoms with van der Waals surface area (Å²) < 4.78 is 13.0. The number of ether oxygens (including phenoxy) is 1. The fourth-order valence-electron chi connectivity index (χ4n) is 4.27. The van der Waals surface area contributed by atoms with Gasteiger partial charge in [0.25, 0.3) is 0 Å². The summed E-state index contributed by atoms with van der Waals surface area (Å²) >= 11 is 1.83. The Kier molecular flexibility index (Phi) is 12.3. The topological polar surface area (TPSA) is 38.8 Å². The van der Waals surface area contributed by atoms with Crippen molar-refractivity contribution in [1.82, 2.24) is 4.90 Å². The summed E-state index contributed by atoms with van der Waals surface area (Å²) in [6.45, 7) is 20.5. The van der Waals surface area contributed by atoms with Gasteiger partial charge in [0.15, 0.2) is 8.32 Å². The van der Waals surface area contributed by atoms with E-state index >= 15 is 0 Å². The highest BCUT2D eigenvalue weighted by atomic mass is 32.2. The molecule has 190 valence electrons. The summed E-state index contributed by atoms with van der Waals surface area (Å²) in [6.07, 6.45) is 11.6. The quantitative estimate of drug-likeness (QED) is 0.188. The van der Waals surface area contributed by atoms with Crippen molar-refractivity contribution in [1.29, 1.82) is 0 Å². The van der Waals surface area contributed by atoms with Crippen LogP contribution in [0.4, 0.5) is 0 Å². The molecule has 1 saturated heterocycles. The number of nitrogens with zero attached hydrogens (tertiary/aromatic N) is 1. The van der Waals surface area contributed by atoms with E-state index in [1.54, 1.807) is 0 Å².